The third-order valence-electron chi connectivity index (χ3n) is 3.63. The smallest absolute Gasteiger partial charge is 0.161 e. The Bertz CT molecular complexity index is 397. The molecular formula is C16H25NO3. The molecule has 1 aromatic rings. The molecule has 0 bridgehead atoms. The van der Waals surface area contributed by atoms with Crippen molar-refractivity contribution >= 4 is 0 Å². The Morgan fingerprint density at radius 3 is 2.60 bits per heavy atom. The highest BCUT2D eigenvalue weighted by Crippen LogP contribution is 2.26. The molecule has 112 valence electrons. The van der Waals surface area contributed by atoms with Crippen LogP contribution in [0.15, 0.2) is 24.3 Å². The van der Waals surface area contributed by atoms with Crippen molar-refractivity contribution in [3.63, 3.8) is 0 Å². The second-order valence-electron chi connectivity index (χ2n) is 5.27. The van der Waals surface area contributed by atoms with Crippen LogP contribution in [0.4, 0.5) is 0 Å². The molecule has 0 aliphatic heterocycles. The maximum atomic E-state index is 9.47. The van der Waals surface area contributed by atoms with Gasteiger partial charge in [0.25, 0.3) is 0 Å². The molecule has 1 saturated carbocycles. The van der Waals surface area contributed by atoms with Crippen molar-refractivity contribution in [2.24, 2.45) is 5.92 Å². The molecule has 0 saturated heterocycles. The van der Waals surface area contributed by atoms with Crippen LogP contribution >= 0.6 is 0 Å². The SMILES string of the molecule is CCOc1ccccc1OCCNCC1CCC(O)C1. The van der Waals surface area contributed by atoms with Gasteiger partial charge in [0, 0.05) is 6.54 Å². The molecule has 0 aromatic heterocycles. The fourth-order valence-corrected chi connectivity index (χ4v) is 2.62. The zero-order valence-corrected chi connectivity index (χ0v) is 12.2. The average Bonchev–Trinajstić information content (AvgIpc) is 2.86. The monoisotopic (exact) mass is 279 g/mol. The number of hydrogen-bond donors (Lipinski definition) is 2. The van der Waals surface area contributed by atoms with Crippen molar-refractivity contribution < 1.29 is 14.6 Å². The van der Waals surface area contributed by atoms with Crippen LogP contribution in [-0.4, -0.2) is 37.5 Å². The van der Waals surface area contributed by atoms with Gasteiger partial charge >= 0.3 is 0 Å². The van der Waals surface area contributed by atoms with Crippen LogP contribution in [0.25, 0.3) is 0 Å². The molecule has 2 N–H and O–H groups in total. The first-order valence-corrected chi connectivity index (χ1v) is 7.53. The topological polar surface area (TPSA) is 50.7 Å². The van der Waals surface area contributed by atoms with Crippen LogP contribution in [0, 0.1) is 5.92 Å². The number of aliphatic hydroxyl groups excluding tert-OH is 1. The minimum absolute atomic E-state index is 0.0869. The van der Waals surface area contributed by atoms with Gasteiger partial charge in [-0.05, 0) is 50.8 Å². The Morgan fingerprint density at radius 1 is 1.20 bits per heavy atom. The Kier molecular flexibility index (Phi) is 6.15. The van der Waals surface area contributed by atoms with Crippen LogP contribution in [0.1, 0.15) is 26.2 Å². The second-order valence-corrected chi connectivity index (χ2v) is 5.27. The van der Waals surface area contributed by atoms with E-state index in [4.69, 9.17) is 9.47 Å². The highest BCUT2D eigenvalue weighted by Gasteiger charge is 2.21. The van der Waals surface area contributed by atoms with E-state index in [0.29, 0.717) is 19.1 Å². The van der Waals surface area contributed by atoms with Crippen molar-refractivity contribution in [1.82, 2.24) is 5.32 Å². The van der Waals surface area contributed by atoms with Gasteiger partial charge in [-0.25, -0.2) is 0 Å². The van der Waals surface area contributed by atoms with Crippen LogP contribution in [0.5, 0.6) is 11.5 Å². The summed E-state index contributed by atoms with van der Waals surface area (Å²) in [6.45, 7) is 5.01. The molecule has 1 aliphatic carbocycles. The summed E-state index contributed by atoms with van der Waals surface area (Å²) in [6, 6.07) is 7.75. The van der Waals surface area contributed by atoms with Gasteiger partial charge in [0.1, 0.15) is 6.61 Å². The minimum atomic E-state index is -0.0869. The van der Waals surface area contributed by atoms with Crippen molar-refractivity contribution in [2.45, 2.75) is 32.3 Å². The van der Waals surface area contributed by atoms with Crippen LogP contribution in [0.3, 0.4) is 0 Å². The molecule has 2 rings (SSSR count). The van der Waals surface area contributed by atoms with Crippen molar-refractivity contribution in [2.75, 3.05) is 26.3 Å². The molecule has 4 nitrogen and oxygen atoms in total. The molecule has 0 amide bonds. The summed E-state index contributed by atoms with van der Waals surface area (Å²) in [6.07, 6.45) is 2.92. The number of aliphatic hydroxyl groups is 1. The van der Waals surface area contributed by atoms with Crippen LogP contribution < -0.4 is 14.8 Å². The van der Waals surface area contributed by atoms with E-state index in [1.54, 1.807) is 0 Å². The number of hydrogen-bond acceptors (Lipinski definition) is 4. The maximum absolute atomic E-state index is 9.47. The molecule has 20 heavy (non-hydrogen) atoms. The molecule has 2 atom stereocenters. The predicted molar refractivity (Wildman–Crippen MR) is 79.3 cm³/mol. The molecule has 2 unspecified atom stereocenters. The van der Waals surface area contributed by atoms with E-state index in [0.717, 1.165) is 43.9 Å². The summed E-state index contributed by atoms with van der Waals surface area (Å²) >= 11 is 0. The van der Waals surface area contributed by atoms with E-state index < -0.39 is 0 Å². The van der Waals surface area contributed by atoms with E-state index in [2.05, 4.69) is 5.32 Å². The number of rotatable bonds is 8. The molecule has 1 fully saturated rings. The summed E-state index contributed by atoms with van der Waals surface area (Å²) < 4.78 is 11.3. The van der Waals surface area contributed by atoms with Gasteiger partial charge in [0.2, 0.25) is 0 Å². The Balaban J connectivity index is 1.63. The van der Waals surface area contributed by atoms with E-state index in [1.807, 2.05) is 31.2 Å². The van der Waals surface area contributed by atoms with Gasteiger partial charge < -0.3 is 19.9 Å². The molecule has 1 aliphatic rings. The zero-order chi connectivity index (χ0) is 14.2. The molecule has 0 spiro atoms. The van der Waals surface area contributed by atoms with Gasteiger partial charge in [-0.3, -0.25) is 0 Å². The predicted octanol–water partition coefficient (Wildman–Crippen LogP) is 2.21. The lowest BCUT2D eigenvalue weighted by Crippen LogP contribution is -2.26. The van der Waals surface area contributed by atoms with E-state index in [-0.39, 0.29) is 6.10 Å². The van der Waals surface area contributed by atoms with Gasteiger partial charge in [-0.1, -0.05) is 12.1 Å². The van der Waals surface area contributed by atoms with Crippen molar-refractivity contribution in [3.05, 3.63) is 24.3 Å². The van der Waals surface area contributed by atoms with E-state index in [9.17, 15) is 5.11 Å². The molecule has 0 radical (unpaired) electrons. The first-order chi connectivity index (χ1) is 9.79. The third-order valence-corrected chi connectivity index (χ3v) is 3.63. The second kappa shape index (κ2) is 8.12. The molecule has 1 aromatic carbocycles. The fourth-order valence-electron chi connectivity index (χ4n) is 2.62. The molecule has 0 heterocycles. The fraction of sp³-hybridized carbons (Fsp3) is 0.625. The standard InChI is InChI=1S/C16H25NO3/c1-2-19-15-5-3-4-6-16(15)20-10-9-17-12-13-7-8-14(18)11-13/h3-6,13-14,17-18H,2,7-12H2,1H3. The van der Waals surface area contributed by atoms with Gasteiger partial charge in [-0.15, -0.1) is 0 Å². The normalized spacial score (nSPS) is 21.9. The van der Waals surface area contributed by atoms with Gasteiger partial charge in [0.05, 0.1) is 12.7 Å². The first-order valence-electron chi connectivity index (χ1n) is 7.53. The largest absolute Gasteiger partial charge is 0.490 e. The summed E-state index contributed by atoms with van der Waals surface area (Å²) in [5.74, 6) is 2.21. The average molecular weight is 279 g/mol. The quantitative estimate of drug-likeness (QED) is 0.716. The van der Waals surface area contributed by atoms with Crippen LogP contribution in [0.2, 0.25) is 0 Å². The Labute approximate surface area is 121 Å². The summed E-state index contributed by atoms with van der Waals surface area (Å²) in [7, 11) is 0. The number of nitrogens with one attached hydrogen (secondary N) is 1. The number of ether oxygens (including phenoxy) is 2. The van der Waals surface area contributed by atoms with Crippen LogP contribution in [-0.2, 0) is 0 Å². The number of para-hydroxylation sites is 2. The highest BCUT2D eigenvalue weighted by atomic mass is 16.5. The lowest BCUT2D eigenvalue weighted by molar-refractivity contribution is 0.177. The van der Waals surface area contributed by atoms with Gasteiger partial charge in [-0.2, -0.15) is 0 Å². The van der Waals surface area contributed by atoms with E-state index >= 15 is 0 Å². The summed E-state index contributed by atoms with van der Waals surface area (Å²) in [5, 5.41) is 12.9. The zero-order valence-electron chi connectivity index (χ0n) is 12.2. The first kappa shape index (κ1) is 15.1. The Hall–Kier alpha value is -1.26. The summed E-state index contributed by atoms with van der Waals surface area (Å²) in [5.41, 5.74) is 0. The third kappa shape index (κ3) is 4.69. The van der Waals surface area contributed by atoms with E-state index in [1.165, 1.54) is 0 Å². The minimum Gasteiger partial charge on any atom is -0.490 e. The van der Waals surface area contributed by atoms with Crippen molar-refractivity contribution in [3.8, 4) is 11.5 Å². The number of benzene rings is 1. The lowest BCUT2D eigenvalue weighted by atomic mass is 10.1. The lowest BCUT2D eigenvalue weighted by Gasteiger charge is -2.13. The van der Waals surface area contributed by atoms with Gasteiger partial charge in [0.15, 0.2) is 11.5 Å². The Morgan fingerprint density at radius 2 is 1.95 bits per heavy atom. The molecular weight excluding hydrogens is 254 g/mol. The highest BCUT2D eigenvalue weighted by molar-refractivity contribution is 5.39. The van der Waals surface area contributed by atoms with Crippen molar-refractivity contribution in [1.29, 1.82) is 0 Å². The maximum Gasteiger partial charge on any atom is 0.161 e. The molecule has 4 heteroatoms. The summed E-state index contributed by atoms with van der Waals surface area (Å²) in [4.78, 5) is 0.